The molecule has 0 unspecified atom stereocenters. The van der Waals surface area contributed by atoms with Gasteiger partial charge >= 0.3 is 0 Å². The molecule has 0 atom stereocenters. The van der Waals surface area contributed by atoms with Gasteiger partial charge in [-0.3, -0.25) is 0 Å². The van der Waals surface area contributed by atoms with Gasteiger partial charge in [0.1, 0.15) is 0 Å². The fraction of sp³-hybridized carbons (Fsp3) is 0.222. The van der Waals surface area contributed by atoms with E-state index < -0.39 is 0 Å². The molecule has 1 heterocycles. The van der Waals surface area contributed by atoms with E-state index in [0.717, 1.165) is 17.1 Å². The summed E-state index contributed by atoms with van der Waals surface area (Å²) in [5.41, 5.74) is 2.42. The first-order chi connectivity index (χ1) is 10.1. The summed E-state index contributed by atoms with van der Waals surface area (Å²) in [6, 6.07) is 16.6. The van der Waals surface area contributed by atoms with Crippen LogP contribution in [0.25, 0.3) is 10.9 Å². The van der Waals surface area contributed by atoms with E-state index in [4.69, 9.17) is 11.6 Å². The van der Waals surface area contributed by atoms with Crippen molar-refractivity contribution in [2.45, 2.75) is 30.5 Å². The van der Waals surface area contributed by atoms with Crippen LogP contribution in [0.3, 0.4) is 0 Å². The second kappa shape index (κ2) is 6.17. The van der Waals surface area contributed by atoms with Gasteiger partial charge in [-0.05, 0) is 17.7 Å². The molecule has 3 rings (SSSR count). The highest BCUT2D eigenvalue weighted by atomic mass is 35.5. The van der Waals surface area contributed by atoms with Crippen molar-refractivity contribution in [2.75, 3.05) is 0 Å². The third-order valence-electron chi connectivity index (χ3n) is 3.41. The second-order valence-electron chi connectivity index (χ2n) is 5.40. The Hall–Kier alpha value is -1.38. The van der Waals surface area contributed by atoms with Crippen molar-refractivity contribution in [3.05, 3.63) is 65.3 Å². The number of nitrogens with zero attached hydrogens (tertiary/aromatic N) is 1. The Balaban J connectivity index is 2.04. The Bertz CT molecular complexity index is 761. The summed E-state index contributed by atoms with van der Waals surface area (Å²) in [4.78, 5) is 1.34. The fourth-order valence-electron chi connectivity index (χ4n) is 2.50. The summed E-state index contributed by atoms with van der Waals surface area (Å²) < 4.78 is 2.29. The van der Waals surface area contributed by atoms with E-state index in [-0.39, 0.29) is 0 Å². The minimum atomic E-state index is 0.574. The van der Waals surface area contributed by atoms with Gasteiger partial charge in [-0.25, -0.2) is 0 Å². The maximum absolute atomic E-state index is 6.30. The lowest BCUT2D eigenvalue weighted by Crippen LogP contribution is -1.98. The van der Waals surface area contributed by atoms with Crippen LogP contribution < -0.4 is 0 Å². The van der Waals surface area contributed by atoms with Gasteiger partial charge in [-0.1, -0.05) is 61.8 Å². The molecule has 3 heteroatoms. The lowest BCUT2D eigenvalue weighted by atomic mass is 10.2. The Morgan fingerprint density at radius 1 is 1.05 bits per heavy atom. The highest BCUT2D eigenvalue weighted by Gasteiger charge is 2.11. The molecule has 1 aromatic heterocycles. The number of benzene rings is 2. The van der Waals surface area contributed by atoms with Gasteiger partial charge in [-0.15, -0.1) is 11.8 Å². The predicted molar refractivity (Wildman–Crippen MR) is 93.5 cm³/mol. The van der Waals surface area contributed by atoms with Crippen LogP contribution in [0.2, 0.25) is 5.02 Å². The molecule has 0 fully saturated rings. The normalized spacial score (nSPS) is 11.4. The van der Waals surface area contributed by atoms with Crippen molar-refractivity contribution in [1.82, 2.24) is 4.57 Å². The van der Waals surface area contributed by atoms with Gasteiger partial charge < -0.3 is 4.57 Å². The molecular weight excluding hydrogens is 298 g/mol. The zero-order valence-electron chi connectivity index (χ0n) is 12.2. The van der Waals surface area contributed by atoms with Gasteiger partial charge in [-0.2, -0.15) is 0 Å². The average molecular weight is 316 g/mol. The molecule has 21 heavy (non-hydrogen) atoms. The molecule has 0 aliphatic carbocycles. The van der Waals surface area contributed by atoms with E-state index in [1.165, 1.54) is 15.8 Å². The lowest BCUT2D eigenvalue weighted by molar-refractivity contribution is 0.830. The molecule has 1 nitrogen and oxygen atoms in total. The molecule has 2 aromatic carbocycles. The number of fused-ring (bicyclic) bond motifs is 1. The van der Waals surface area contributed by atoms with Crippen LogP contribution in [0.15, 0.2) is 59.6 Å². The minimum absolute atomic E-state index is 0.574. The lowest BCUT2D eigenvalue weighted by Gasteiger charge is -2.07. The number of aromatic nitrogens is 1. The quantitative estimate of drug-likeness (QED) is 0.547. The molecule has 3 aromatic rings. The van der Waals surface area contributed by atoms with E-state index in [1.54, 1.807) is 0 Å². The van der Waals surface area contributed by atoms with Crippen molar-refractivity contribution in [3.63, 3.8) is 0 Å². The maximum Gasteiger partial charge on any atom is 0.0495 e. The Morgan fingerprint density at radius 2 is 1.76 bits per heavy atom. The summed E-state index contributed by atoms with van der Waals surface area (Å²) in [6.07, 6.45) is 2.25. The summed E-state index contributed by atoms with van der Waals surface area (Å²) in [6.45, 7) is 5.26. The Morgan fingerprint density at radius 3 is 2.52 bits per heavy atom. The first-order valence-corrected chi connectivity index (χ1v) is 8.39. The van der Waals surface area contributed by atoms with Crippen LogP contribution in [-0.2, 0) is 6.54 Å². The van der Waals surface area contributed by atoms with Crippen molar-refractivity contribution in [2.24, 2.45) is 0 Å². The van der Waals surface area contributed by atoms with Crippen LogP contribution in [0.4, 0.5) is 0 Å². The largest absolute Gasteiger partial charge is 0.342 e. The summed E-state index contributed by atoms with van der Waals surface area (Å²) in [7, 11) is 0. The Kier molecular flexibility index (Phi) is 4.27. The summed E-state index contributed by atoms with van der Waals surface area (Å²) in [5.74, 6) is 0. The van der Waals surface area contributed by atoms with Crippen molar-refractivity contribution in [3.8, 4) is 0 Å². The molecule has 0 aliphatic heterocycles. The number of rotatable bonds is 4. The molecule has 0 aliphatic rings. The van der Waals surface area contributed by atoms with Crippen LogP contribution >= 0.6 is 23.4 Å². The summed E-state index contributed by atoms with van der Waals surface area (Å²) >= 11 is 8.21. The number of hydrogen-bond donors (Lipinski definition) is 0. The van der Waals surface area contributed by atoms with E-state index >= 15 is 0 Å². The van der Waals surface area contributed by atoms with Crippen molar-refractivity contribution >= 4 is 34.3 Å². The van der Waals surface area contributed by atoms with Gasteiger partial charge in [0.05, 0.1) is 0 Å². The van der Waals surface area contributed by atoms with E-state index in [2.05, 4.69) is 54.9 Å². The molecule has 0 saturated carbocycles. The number of thioether (sulfide) groups is 1. The summed E-state index contributed by atoms with van der Waals surface area (Å²) in [5, 5.41) is 2.72. The third-order valence-corrected chi connectivity index (χ3v) is 4.83. The van der Waals surface area contributed by atoms with Crippen LogP contribution in [0.5, 0.6) is 0 Å². The van der Waals surface area contributed by atoms with Crippen molar-refractivity contribution in [1.29, 1.82) is 0 Å². The van der Waals surface area contributed by atoms with Crippen LogP contribution in [-0.4, -0.2) is 9.82 Å². The second-order valence-corrected chi connectivity index (χ2v) is 7.42. The standard InChI is InChI=1S/C18H18ClNS/c1-13(2)21-18-12-20(17-10-6-4-8-15(17)18)11-14-7-3-5-9-16(14)19/h3-10,12-13H,11H2,1-2H3. The first-order valence-electron chi connectivity index (χ1n) is 7.13. The average Bonchev–Trinajstić information content (AvgIpc) is 2.79. The topological polar surface area (TPSA) is 4.93 Å². The molecule has 0 spiro atoms. The highest BCUT2D eigenvalue weighted by Crippen LogP contribution is 2.33. The molecule has 0 radical (unpaired) electrons. The minimum Gasteiger partial charge on any atom is -0.342 e. The predicted octanol–water partition coefficient (Wildman–Crippen LogP) is 5.84. The SMILES string of the molecule is CC(C)Sc1cn(Cc2ccccc2Cl)c2ccccc12. The smallest absolute Gasteiger partial charge is 0.0495 e. The molecular formula is C18H18ClNS. The fourth-order valence-corrected chi connectivity index (χ4v) is 3.69. The number of para-hydroxylation sites is 1. The number of halogens is 1. The number of hydrogen-bond acceptors (Lipinski definition) is 1. The van der Waals surface area contributed by atoms with Gasteiger partial charge in [0.2, 0.25) is 0 Å². The van der Waals surface area contributed by atoms with Gasteiger partial charge in [0.25, 0.3) is 0 Å². The Labute approximate surface area is 134 Å². The van der Waals surface area contributed by atoms with Gasteiger partial charge in [0.15, 0.2) is 0 Å². The monoisotopic (exact) mass is 315 g/mol. The zero-order chi connectivity index (χ0) is 14.8. The molecule has 0 amide bonds. The van der Waals surface area contributed by atoms with E-state index in [9.17, 15) is 0 Å². The van der Waals surface area contributed by atoms with E-state index in [0.29, 0.717) is 5.25 Å². The molecule has 0 saturated heterocycles. The van der Waals surface area contributed by atoms with Gasteiger partial charge in [0, 0.05) is 38.8 Å². The molecule has 0 bridgehead atoms. The third kappa shape index (κ3) is 3.12. The first kappa shape index (κ1) is 14.6. The van der Waals surface area contributed by atoms with Crippen LogP contribution in [0, 0.1) is 0 Å². The zero-order valence-corrected chi connectivity index (χ0v) is 13.8. The van der Waals surface area contributed by atoms with E-state index in [1.807, 2.05) is 30.0 Å². The maximum atomic E-state index is 6.30. The van der Waals surface area contributed by atoms with Crippen LogP contribution in [0.1, 0.15) is 19.4 Å². The van der Waals surface area contributed by atoms with Crippen molar-refractivity contribution < 1.29 is 0 Å². The highest BCUT2D eigenvalue weighted by molar-refractivity contribution is 8.00. The molecule has 0 N–H and O–H groups in total. The molecule has 108 valence electrons.